The van der Waals surface area contributed by atoms with Crippen LogP contribution in [0, 0.1) is 0 Å². The van der Waals surface area contributed by atoms with Gasteiger partial charge in [0.25, 0.3) is 5.91 Å². The van der Waals surface area contributed by atoms with E-state index in [0.29, 0.717) is 34.5 Å². The third kappa shape index (κ3) is 4.93. The summed E-state index contributed by atoms with van der Waals surface area (Å²) in [5.74, 6) is 0.542. The van der Waals surface area contributed by atoms with Crippen LogP contribution < -0.4 is 15.1 Å². The number of amides is 1. The maximum absolute atomic E-state index is 12.6. The van der Waals surface area contributed by atoms with Crippen LogP contribution >= 0.6 is 0 Å². The molecule has 34 heavy (non-hydrogen) atoms. The highest BCUT2D eigenvalue weighted by Gasteiger charge is 2.31. The molecule has 1 aliphatic rings. The zero-order chi connectivity index (χ0) is 24.5. The molecule has 0 aliphatic carbocycles. The van der Waals surface area contributed by atoms with Crippen molar-refractivity contribution >= 4 is 16.9 Å². The number of ether oxygens (including phenoxy) is 2. The topological polar surface area (TPSA) is 109 Å². The zero-order valence-corrected chi connectivity index (χ0v) is 19.5. The van der Waals surface area contributed by atoms with Crippen molar-refractivity contribution in [3.63, 3.8) is 0 Å². The Morgan fingerprint density at radius 1 is 1.24 bits per heavy atom. The standard InChI is InChI=1S/C26H29NO7/c1-26(2)10-9-18-20(34-26)12-21(32-15-22(30)27(3)13-17(29)14-28)24-19(11-23(31)33-25(18)24)16-7-5-4-6-8-16/h4-8,11-12,17,28-29H,9-10,13-15H2,1-3H3. The van der Waals surface area contributed by atoms with Gasteiger partial charge in [-0.25, -0.2) is 4.79 Å². The summed E-state index contributed by atoms with van der Waals surface area (Å²) >= 11 is 0. The number of rotatable bonds is 7. The molecule has 1 aromatic heterocycles. The van der Waals surface area contributed by atoms with Crippen LogP contribution in [0.4, 0.5) is 0 Å². The van der Waals surface area contributed by atoms with Gasteiger partial charge in [0.05, 0.1) is 18.1 Å². The number of carbonyl (C=O) groups excluding carboxylic acids is 1. The summed E-state index contributed by atoms with van der Waals surface area (Å²) in [6.07, 6.45) is 0.389. The van der Waals surface area contributed by atoms with E-state index in [1.54, 1.807) is 6.07 Å². The summed E-state index contributed by atoms with van der Waals surface area (Å²) < 4.78 is 17.8. The van der Waals surface area contributed by atoms with Gasteiger partial charge in [-0.1, -0.05) is 30.3 Å². The number of hydrogen-bond donors (Lipinski definition) is 2. The van der Waals surface area contributed by atoms with E-state index in [1.807, 2.05) is 44.2 Å². The predicted molar refractivity (Wildman–Crippen MR) is 127 cm³/mol. The maximum atomic E-state index is 12.6. The molecule has 1 aliphatic heterocycles. The highest BCUT2D eigenvalue weighted by Crippen LogP contribution is 2.44. The van der Waals surface area contributed by atoms with Crippen LogP contribution in [0.1, 0.15) is 25.8 Å². The van der Waals surface area contributed by atoms with Crippen LogP contribution in [0.5, 0.6) is 11.5 Å². The largest absolute Gasteiger partial charge is 0.487 e. The fourth-order valence-corrected chi connectivity index (χ4v) is 4.13. The summed E-state index contributed by atoms with van der Waals surface area (Å²) in [4.78, 5) is 26.4. The third-order valence-electron chi connectivity index (χ3n) is 5.96. The Balaban J connectivity index is 1.81. The quantitative estimate of drug-likeness (QED) is 0.514. The lowest BCUT2D eigenvalue weighted by molar-refractivity contribution is -0.133. The second kappa shape index (κ2) is 9.48. The van der Waals surface area contributed by atoms with Crippen molar-refractivity contribution in [1.29, 1.82) is 0 Å². The number of fused-ring (bicyclic) bond motifs is 3. The molecule has 180 valence electrons. The molecule has 2 aromatic carbocycles. The first-order valence-corrected chi connectivity index (χ1v) is 11.2. The minimum Gasteiger partial charge on any atom is -0.487 e. The number of aliphatic hydroxyl groups excluding tert-OH is 2. The van der Waals surface area contributed by atoms with E-state index in [2.05, 4.69) is 0 Å². The monoisotopic (exact) mass is 467 g/mol. The number of carbonyl (C=O) groups is 1. The average molecular weight is 468 g/mol. The molecule has 2 N–H and O–H groups in total. The molecule has 2 heterocycles. The highest BCUT2D eigenvalue weighted by molar-refractivity contribution is 6.00. The Morgan fingerprint density at radius 3 is 2.68 bits per heavy atom. The Hall–Kier alpha value is -3.36. The summed E-state index contributed by atoms with van der Waals surface area (Å²) in [5.41, 5.74) is 1.77. The fraction of sp³-hybridized carbons (Fsp3) is 0.385. The van der Waals surface area contributed by atoms with Gasteiger partial charge < -0.3 is 29.0 Å². The van der Waals surface area contributed by atoms with E-state index in [0.717, 1.165) is 17.5 Å². The Morgan fingerprint density at radius 2 is 1.97 bits per heavy atom. The van der Waals surface area contributed by atoms with Crippen LogP contribution in [-0.4, -0.2) is 59.5 Å². The molecule has 0 saturated heterocycles. The first kappa shape index (κ1) is 23.8. The smallest absolute Gasteiger partial charge is 0.336 e. The molecular formula is C26H29NO7. The van der Waals surface area contributed by atoms with Crippen LogP contribution in [0.2, 0.25) is 0 Å². The molecule has 0 fully saturated rings. The van der Waals surface area contributed by atoms with E-state index in [9.17, 15) is 14.7 Å². The van der Waals surface area contributed by atoms with Gasteiger partial charge in [0.1, 0.15) is 22.7 Å². The maximum Gasteiger partial charge on any atom is 0.336 e. The normalized spacial score (nSPS) is 15.3. The Kier molecular flexibility index (Phi) is 6.63. The van der Waals surface area contributed by atoms with Gasteiger partial charge >= 0.3 is 5.63 Å². The molecular weight excluding hydrogens is 438 g/mol. The van der Waals surface area contributed by atoms with Crippen molar-refractivity contribution in [3.05, 3.63) is 58.4 Å². The lowest BCUT2D eigenvalue weighted by Gasteiger charge is -2.33. The SMILES string of the molecule is CN(CC(O)CO)C(=O)COc1cc2c(c3oc(=O)cc(-c4ccccc4)c13)CCC(C)(C)O2. The number of hydrogen-bond acceptors (Lipinski definition) is 7. The number of aliphatic hydroxyl groups is 2. The van der Waals surface area contributed by atoms with Crippen molar-refractivity contribution in [2.75, 3.05) is 26.8 Å². The van der Waals surface area contributed by atoms with Gasteiger partial charge in [0, 0.05) is 36.9 Å². The molecule has 1 amide bonds. The van der Waals surface area contributed by atoms with E-state index < -0.39 is 23.9 Å². The van der Waals surface area contributed by atoms with Crippen molar-refractivity contribution in [2.45, 2.75) is 38.4 Å². The minimum atomic E-state index is -1.03. The predicted octanol–water partition coefficient (Wildman–Crippen LogP) is 2.75. The van der Waals surface area contributed by atoms with Crippen molar-refractivity contribution < 1.29 is 28.9 Å². The molecule has 1 atom stereocenters. The highest BCUT2D eigenvalue weighted by atomic mass is 16.5. The Bertz CT molecular complexity index is 1250. The van der Waals surface area contributed by atoms with Gasteiger partial charge in [-0.15, -0.1) is 0 Å². The zero-order valence-electron chi connectivity index (χ0n) is 19.5. The molecule has 4 rings (SSSR count). The first-order chi connectivity index (χ1) is 16.2. The van der Waals surface area contributed by atoms with Crippen LogP contribution in [0.25, 0.3) is 22.1 Å². The first-order valence-electron chi connectivity index (χ1n) is 11.2. The summed E-state index contributed by atoms with van der Waals surface area (Å²) in [5, 5.41) is 19.3. The molecule has 8 nitrogen and oxygen atoms in total. The molecule has 3 aromatic rings. The van der Waals surface area contributed by atoms with Gasteiger partial charge in [-0.05, 0) is 32.3 Å². The summed E-state index contributed by atoms with van der Waals surface area (Å²) in [7, 11) is 1.52. The van der Waals surface area contributed by atoms with Crippen LogP contribution in [-0.2, 0) is 11.2 Å². The molecule has 0 bridgehead atoms. The Labute approximate surface area is 197 Å². The van der Waals surface area contributed by atoms with Gasteiger partial charge in [0.2, 0.25) is 0 Å². The van der Waals surface area contributed by atoms with Crippen molar-refractivity contribution in [1.82, 2.24) is 4.90 Å². The van der Waals surface area contributed by atoms with Crippen LogP contribution in [0.15, 0.2) is 51.7 Å². The lowest BCUT2D eigenvalue weighted by atomic mass is 9.91. The van der Waals surface area contributed by atoms with E-state index >= 15 is 0 Å². The molecule has 0 saturated carbocycles. The van der Waals surface area contributed by atoms with Crippen molar-refractivity contribution in [2.24, 2.45) is 0 Å². The molecule has 8 heteroatoms. The fourth-order valence-electron chi connectivity index (χ4n) is 4.13. The second-order valence-electron chi connectivity index (χ2n) is 9.16. The summed E-state index contributed by atoms with van der Waals surface area (Å²) in [6.45, 7) is 3.20. The molecule has 1 unspecified atom stereocenters. The average Bonchev–Trinajstić information content (AvgIpc) is 2.81. The van der Waals surface area contributed by atoms with Crippen molar-refractivity contribution in [3.8, 4) is 22.6 Å². The number of likely N-dealkylation sites (N-methyl/N-ethyl adjacent to an activating group) is 1. The number of benzene rings is 2. The lowest BCUT2D eigenvalue weighted by Crippen LogP contribution is -2.38. The van der Waals surface area contributed by atoms with Gasteiger partial charge in [-0.2, -0.15) is 0 Å². The van der Waals surface area contributed by atoms with Gasteiger partial charge in [-0.3, -0.25) is 4.79 Å². The van der Waals surface area contributed by atoms with E-state index in [-0.39, 0.29) is 19.1 Å². The van der Waals surface area contributed by atoms with Crippen LogP contribution in [0.3, 0.4) is 0 Å². The molecule has 0 radical (unpaired) electrons. The third-order valence-corrected chi connectivity index (χ3v) is 5.96. The minimum absolute atomic E-state index is 0.0227. The number of nitrogens with zero attached hydrogens (tertiary/aromatic N) is 1. The second-order valence-corrected chi connectivity index (χ2v) is 9.16. The molecule has 0 spiro atoms. The van der Waals surface area contributed by atoms with E-state index in [1.165, 1.54) is 18.0 Å². The van der Waals surface area contributed by atoms with E-state index in [4.69, 9.17) is 19.0 Å². The number of aryl methyl sites for hydroxylation is 1. The van der Waals surface area contributed by atoms with Gasteiger partial charge in [0.15, 0.2) is 6.61 Å². The summed E-state index contributed by atoms with van der Waals surface area (Å²) in [6, 6.07) is 12.6.